The fourth-order valence-corrected chi connectivity index (χ4v) is 10.0. The zero-order chi connectivity index (χ0) is 25.0. The van der Waals surface area contributed by atoms with Crippen LogP contribution in [-0.2, 0) is 40.8 Å². The van der Waals surface area contributed by atoms with Crippen molar-refractivity contribution >= 4 is 22.8 Å². The molecule has 0 bridgehead atoms. The fourth-order valence-electron chi connectivity index (χ4n) is 4.08. The van der Waals surface area contributed by atoms with Crippen molar-refractivity contribution in [1.29, 1.82) is 0 Å². The Bertz CT molecular complexity index is 710. The molecule has 1 aliphatic carbocycles. The van der Waals surface area contributed by atoms with Crippen molar-refractivity contribution in [1.82, 2.24) is 0 Å². The van der Waals surface area contributed by atoms with Crippen molar-refractivity contribution in [2.75, 3.05) is 58.1 Å². The summed E-state index contributed by atoms with van der Waals surface area (Å²) in [6.45, 7) is 12.3. The SMILES string of the molecule is CCOP(=O)(CC1=CC[C@@H](CP(=O)(OCC)OCC)[C@H](CP(=O)(OCC)OCC)C1)OCC. The minimum absolute atomic E-state index is 0.120. The van der Waals surface area contributed by atoms with Gasteiger partial charge >= 0.3 is 22.8 Å². The van der Waals surface area contributed by atoms with E-state index in [2.05, 4.69) is 0 Å². The van der Waals surface area contributed by atoms with Crippen LogP contribution >= 0.6 is 22.8 Å². The summed E-state index contributed by atoms with van der Waals surface area (Å²) in [5, 5.41) is 0. The summed E-state index contributed by atoms with van der Waals surface area (Å²) in [6, 6.07) is 0. The lowest BCUT2D eigenvalue weighted by molar-refractivity contribution is 0.198. The first-order chi connectivity index (χ1) is 15.6. The van der Waals surface area contributed by atoms with Gasteiger partial charge in [0.05, 0.1) is 58.1 Å². The van der Waals surface area contributed by atoms with E-state index in [9.17, 15) is 13.7 Å². The van der Waals surface area contributed by atoms with Crippen LogP contribution in [0.5, 0.6) is 0 Å². The van der Waals surface area contributed by atoms with E-state index in [1.54, 1.807) is 41.5 Å². The van der Waals surface area contributed by atoms with Crippen LogP contribution in [0.4, 0.5) is 0 Å². The van der Waals surface area contributed by atoms with Crippen LogP contribution in [0.3, 0.4) is 0 Å². The summed E-state index contributed by atoms with van der Waals surface area (Å²) >= 11 is 0. The van der Waals surface area contributed by atoms with Crippen LogP contribution in [0, 0.1) is 11.8 Å². The molecule has 12 heteroatoms. The van der Waals surface area contributed by atoms with Gasteiger partial charge in [0, 0.05) is 0 Å². The number of hydrogen-bond donors (Lipinski definition) is 0. The molecule has 0 N–H and O–H groups in total. The molecule has 0 saturated carbocycles. The summed E-state index contributed by atoms with van der Waals surface area (Å²) in [6.07, 6.45) is 3.59. The molecule has 33 heavy (non-hydrogen) atoms. The third-order valence-electron chi connectivity index (χ3n) is 5.17. The van der Waals surface area contributed by atoms with Gasteiger partial charge in [0.1, 0.15) is 0 Å². The van der Waals surface area contributed by atoms with Gasteiger partial charge in [-0.05, 0) is 66.2 Å². The van der Waals surface area contributed by atoms with E-state index in [1.807, 2.05) is 6.08 Å². The number of allylic oxidation sites excluding steroid dienone is 2. The van der Waals surface area contributed by atoms with E-state index in [1.165, 1.54) is 0 Å². The first kappa shape index (κ1) is 31.2. The lowest BCUT2D eigenvalue weighted by Gasteiger charge is -2.35. The molecule has 2 atom stereocenters. The number of rotatable bonds is 18. The molecule has 1 rings (SSSR count). The maximum Gasteiger partial charge on any atom is 0.334 e. The molecule has 9 nitrogen and oxygen atoms in total. The Balaban J connectivity index is 3.20. The minimum atomic E-state index is -3.35. The van der Waals surface area contributed by atoms with E-state index in [4.69, 9.17) is 27.1 Å². The third kappa shape index (κ3) is 10.8. The van der Waals surface area contributed by atoms with Gasteiger partial charge in [-0.1, -0.05) is 11.6 Å². The standard InChI is InChI=1S/C21H43O9P3/c1-7-25-31(22,26-8-2)16-19-13-14-20(17-32(23,27-9-3)28-10-4)21(15-19)18-33(24,29-11-5)30-12-6/h13,20-21H,7-12,14-18H2,1-6H3/t20-,21-/m0/s1. The summed E-state index contributed by atoms with van der Waals surface area (Å²) in [5.41, 5.74) is 0.906. The van der Waals surface area contributed by atoms with Gasteiger partial charge in [-0.3, -0.25) is 13.7 Å². The Morgan fingerprint density at radius 3 is 1.39 bits per heavy atom. The van der Waals surface area contributed by atoms with Gasteiger partial charge in [-0.2, -0.15) is 0 Å². The molecule has 0 aromatic heterocycles. The second kappa shape index (κ2) is 15.3. The van der Waals surface area contributed by atoms with Crippen LogP contribution in [0.15, 0.2) is 11.6 Å². The topological polar surface area (TPSA) is 107 Å². The molecular formula is C21H43O9P3. The highest BCUT2D eigenvalue weighted by Crippen LogP contribution is 2.58. The fraction of sp³-hybridized carbons (Fsp3) is 0.905. The van der Waals surface area contributed by atoms with E-state index >= 15 is 0 Å². The lowest BCUT2D eigenvalue weighted by Crippen LogP contribution is -2.28. The van der Waals surface area contributed by atoms with Crippen molar-refractivity contribution in [3.8, 4) is 0 Å². The average molecular weight is 532 g/mol. The molecule has 0 unspecified atom stereocenters. The highest BCUT2D eigenvalue weighted by atomic mass is 31.2. The Labute approximate surface area is 199 Å². The molecule has 0 aromatic carbocycles. The van der Waals surface area contributed by atoms with Crippen molar-refractivity contribution in [2.45, 2.75) is 54.4 Å². The van der Waals surface area contributed by atoms with Gasteiger partial charge in [0.15, 0.2) is 0 Å². The molecule has 0 spiro atoms. The Hall–Kier alpha value is 0.190. The van der Waals surface area contributed by atoms with Crippen LogP contribution < -0.4 is 0 Å². The first-order valence-electron chi connectivity index (χ1n) is 11.9. The zero-order valence-corrected chi connectivity index (χ0v) is 23.7. The van der Waals surface area contributed by atoms with E-state index in [0.29, 0.717) is 12.8 Å². The highest BCUT2D eigenvalue weighted by Gasteiger charge is 2.40. The van der Waals surface area contributed by atoms with E-state index in [0.717, 1.165) is 5.57 Å². The molecule has 0 aliphatic heterocycles. The average Bonchev–Trinajstić information content (AvgIpc) is 2.71. The molecule has 0 radical (unpaired) electrons. The van der Waals surface area contributed by atoms with Crippen LogP contribution in [0.2, 0.25) is 0 Å². The normalized spacial score (nSPS) is 20.1. The Kier molecular flexibility index (Phi) is 14.5. The largest absolute Gasteiger partial charge is 0.334 e. The molecule has 0 fully saturated rings. The van der Waals surface area contributed by atoms with Crippen molar-refractivity contribution in [3.05, 3.63) is 11.6 Å². The maximum absolute atomic E-state index is 13.3. The van der Waals surface area contributed by atoms with Crippen molar-refractivity contribution < 1.29 is 40.8 Å². The van der Waals surface area contributed by atoms with E-state index < -0.39 is 22.8 Å². The van der Waals surface area contributed by atoms with E-state index in [-0.39, 0.29) is 70.0 Å². The van der Waals surface area contributed by atoms with Crippen molar-refractivity contribution in [2.24, 2.45) is 11.8 Å². The van der Waals surface area contributed by atoms with Crippen molar-refractivity contribution in [3.63, 3.8) is 0 Å². The summed E-state index contributed by atoms with van der Waals surface area (Å²) in [4.78, 5) is 0. The summed E-state index contributed by atoms with van der Waals surface area (Å²) < 4.78 is 72.7. The maximum atomic E-state index is 13.3. The molecule has 0 amide bonds. The number of hydrogen-bond acceptors (Lipinski definition) is 9. The minimum Gasteiger partial charge on any atom is -0.309 e. The smallest absolute Gasteiger partial charge is 0.309 e. The molecule has 0 saturated heterocycles. The molecular weight excluding hydrogens is 489 g/mol. The predicted molar refractivity (Wildman–Crippen MR) is 131 cm³/mol. The predicted octanol–water partition coefficient (Wildman–Crippen LogP) is 6.74. The Morgan fingerprint density at radius 1 is 0.636 bits per heavy atom. The van der Waals surface area contributed by atoms with Gasteiger partial charge in [-0.15, -0.1) is 0 Å². The van der Waals surface area contributed by atoms with Gasteiger partial charge in [-0.25, -0.2) is 0 Å². The zero-order valence-electron chi connectivity index (χ0n) is 21.0. The Morgan fingerprint density at radius 2 is 1.00 bits per heavy atom. The molecule has 0 aromatic rings. The highest BCUT2D eigenvalue weighted by molar-refractivity contribution is 7.54. The lowest BCUT2D eigenvalue weighted by atomic mass is 9.82. The van der Waals surface area contributed by atoms with Gasteiger partial charge in [0.2, 0.25) is 0 Å². The molecule has 0 heterocycles. The van der Waals surface area contributed by atoms with Crippen LogP contribution in [-0.4, -0.2) is 58.1 Å². The van der Waals surface area contributed by atoms with Crippen LogP contribution in [0.25, 0.3) is 0 Å². The third-order valence-corrected chi connectivity index (χ3v) is 11.7. The summed E-state index contributed by atoms with van der Waals surface area (Å²) in [7, 11) is -9.94. The molecule has 1 aliphatic rings. The summed E-state index contributed by atoms with van der Waals surface area (Å²) in [5.74, 6) is -0.301. The second-order valence-corrected chi connectivity index (χ2v) is 13.9. The quantitative estimate of drug-likeness (QED) is 0.140. The van der Waals surface area contributed by atoms with Crippen LogP contribution in [0.1, 0.15) is 54.4 Å². The molecule has 196 valence electrons. The first-order valence-corrected chi connectivity index (χ1v) is 17.1. The van der Waals surface area contributed by atoms with Gasteiger partial charge in [0.25, 0.3) is 0 Å². The van der Waals surface area contributed by atoms with Gasteiger partial charge < -0.3 is 27.1 Å². The second-order valence-electron chi connectivity index (χ2n) is 7.68. The monoisotopic (exact) mass is 532 g/mol.